The zero-order valence-electron chi connectivity index (χ0n) is 17.3. The van der Waals surface area contributed by atoms with Crippen molar-refractivity contribution in [2.45, 2.75) is 53.0 Å². The lowest BCUT2D eigenvalue weighted by Gasteiger charge is -2.16. The van der Waals surface area contributed by atoms with Crippen LogP contribution in [0.2, 0.25) is 0 Å². The number of hydrogen-bond donors (Lipinski definition) is 2. The minimum Gasteiger partial charge on any atom is -0.352 e. The van der Waals surface area contributed by atoms with Crippen molar-refractivity contribution in [3.63, 3.8) is 0 Å². The number of nitrogens with zero attached hydrogens (tertiary/aromatic N) is 3. The highest BCUT2D eigenvalue weighted by atomic mass is 15.2. The van der Waals surface area contributed by atoms with Gasteiger partial charge >= 0.3 is 0 Å². The molecule has 3 rings (SSSR count). The second-order valence-corrected chi connectivity index (χ2v) is 7.50. The van der Waals surface area contributed by atoms with Gasteiger partial charge in [-0.3, -0.25) is 4.98 Å². The number of benzene rings is 1. The highest BCUT2D eigenvalue weighted by Crippen LogP contribution is 2.26. The van der Waals surface area contributed by atoms with Gasteiger partial charge in [-0.2, -0.15) is 4.98 Å². The van der Waals surface area contributed by atoms with E-state index in [0.717, 1.165) is 29.2 Å². The van der Waals surface area contributed by atoms with Gasteiger partial charge in [-0.25, -0.2) is 4.98 Å². The summed E-state index contributed by atoms with van der Waals surface area (Å²) in [6.45, 7) is 10.9. The number of hydrogen-bond acceptors (Lipinski definition) is 5. The van der Waals surface area contributed by atoms with Crippen molar-refractivity contribution in [2.75, 3.05) is 10.6 Å². The van der Waals surface area contributed by atoms with Crippen LogP contribution in [0.1, 0.15) is 51.2 Å². The first kappa shape index (κ1) is 19.8. The Kier molecular flexibility index (Phi) is 6.24. The molecule has 2 aromatic heterocycles. The second kappa shape index (κ2) is 8.83. The fourth-order valence-electron chi connectivity index (χ4n) is 3.12. The molecule has 3 aromatic rings. The third kappa shape index (κ3) is 4.85. The van der Waals surface area contributed by atoms with E-state index in [4.69, 9.17) is 4.98 Å². The van der Waals surface area contributed by atoms with Gasteiger partial charge in [0.2, 0.25) is 5.95 Å². The maximum Gasteiger partial charge on any atom is 0.225 e. The van der Waals surface area contributed by atoms with Crippen molar-refractivity contribution in [1.82, 2.24) is 15.0 Å². The topological polar surface area (TPSA) is 62.7 Å². The summed E-state index contributed by atoms with van der Waals surface area (Å²) in [5, 5.41) is 6.83. The van der Waals surface area contributed by atoms with Crippen molar-refractivity contribution in [3.05, 3.63) is 59.9 Å². The molecule has 1 atom stereocenters. The van der Waals surface area contributed by atoms with Gasteiger partial charge in [0.05, 0.1) is 5.69 Å². The van der Waals surface area contributed by atoms with Gasteiger partial charge in [0, 0.05) is 35.8 Å². The molecule has 0 spiro atoms. The Hall–Kier alpha value is -2.95. The molecule has 0 saturated heterocycles. The molecule has 5 nitrogen and oxygen atoms in total. The molecule has 0 unspecified atom stereocenters. The Morgan fingerprint density at radius 3 is 2.36 bits per heavy atom. The molecule has 2 heterocycles. The molecule has 5 heteroatoms. The van der Waals surface area contributed by atoms with Crippen LogP contribution in [-0.2, 0) is 0 Å². The van der Waals surface area contributed by atoms with Crippen LogP contribution in [0.5, 0.6) is 0 Å². The molecule has 0 saturated carbocycles. The van der Waals surface area contributed by atoms with E-state index in [1.165, 1.54) is 11.1 Å². The normalized spacial score (nSPS) is 12.1. The fourth-order valence-corrected chi connectivity index (χ4v) is 3.12. The van der Waals surface area contributed by atoms with Gasteiger partial charge in [0.15, 0.2) is 0 Å². The zero-order chi connectivity index (χ0) is 20.1. The lowest BCUT2D eigenvalue weighted by molar-refractivity contribution is 0.753. The molecule has 0 bridgehead atoms. The van der Waals surface area contributed by atoms with Crippen LogP contribution in [-0.4, -0.2) is 21.0 Å². The largest absolute Gasteiger partial charge is 0.352 e. The van der Waals surface area contributed by atoms with E-state index in [0.29, 0.717) is 17.9 Å². The summed E-state index contributed by atoms with van der Waals surface area (Å²) < 4.78 is 0. The highest BCUT2D eigenvalue weighted by molar-refractivity contribution is 5.67. The van der Waals surface area contributed by atoms with E-state index in [9.17, 15) is 0 Å². The van der Waals surface area contributed by atoms with Crippen LogP contribution in [0.15, 0.2) is 48.8 Å². The molecule has 0 amide bonds. The average molecular weight is 376 g/mol. The molecule has 2 N–H and O–H groups in total. The van der Waals surface area contributed by atoms with Gasteiger partial charge in [-0.15, -0.1) is 0 Å². The third-order valence-corrected chi connectivity index (χ3v) is 4.85. The van der Waals surface area contributed by atoms with Crippen LogP contribution in [0.3, 0.4) is 0 Å². The monoisotopic (exact) mass is 375 g/mol. The van der Waals surface area contributed by atoms with Crippen molar-refractivity contribution in [1.29, 1.82) is 0 Å². The number of nitrogens with one attached hydrogen (secondary N) is 2. The Bertz CT molecular complexity index is 922. The summed E-state index contributed by atoms with van der Waals surface area (Å²) in [4.78, 5) is 13.5. The Balaban J connectivity index is 1.95. The Morgan fingerprint density at radius 1 is 0.964 bits per heavy atom. The predicted octanol–water partition coefficient (Wildman–Crippen LogP) is 5.92. The molecule has 0 radical (unpaired) electrons. The van der Waals surface area contributed by atoms with Gasteiger partial charge in [-0.05, 0) is 61.6 Å². The lowest BCUT2D eigenvalue weighted by atomic mass is 9.98. The van der Waals surface area contributed by atoms with E-state index in [2.05, 4.69) is 73.4 Å². The van der Waals surface area contributed by atoms with Gasteiger partial charge in [0.1, 0.15) is 5.82 Å². The van der Waals surface area contributed by atoms with Crippen LogP contribution < -0.4 is 10.6 Å². The maximum atomic E-state index is 4.70. The predicted molar refractivity (Wildman–Crippen MR) is 117 cm³/mol. The van der Waals surface area contributed by atoms with Crippen molar-refractivity contribution < 1.29 is 0 Å². The van der Waals surface area contributed by atoms with E-state index < -0.39 is 0 Å². The Labute approximate surface area is 167 Å². The smallest absolute Gasteiger partial charge is 0.225 e. The average Bonchev–Trinajstić information content (AvgIpc) is 2.68. The van der Waals surface area contributed by atoms with Crippen molar-refractivity contribution >= 4 is 17.5 Å². The number of rotatable bonds is 7. The van der Waals surface area contributed by atoms with E-state index in [1.54, 1.807) is 12.4 Å². The number of aryl methyl sites for hydroxylation is 1. The third-order valence-electron chi connectivity index (χ3n) is 4.85. The SMILES string of the molecule is CC[C@H](C)Nc1nc(Nc2ccc(C(C)C)c(C)c2)cc(-c2ccncc2)n1. The first-order valence-corrected chi connectivity index (χ1v) is 9.89. The molecule has 146 valence electrons. The van der Waals surface area contributed by atoms with Crippen LogP contribution in [0.25, 0.3) is 11.3 Å². The van der Waals surface area contributed by atoms with Gasteiger partial charge in [-0.1, -0.05) is 26.8 Å². The zero-order valence-corrected chi connectivity index (χ0v) is 17.3. The molecule has 1 aromatic carbocycles. The first-order valence-electron chi connectivity index (χ1n) is 9.89. The quantitative estimate of drug-likeness (QED) is 0.536. The van der Waals surface area contributed by atoms with Crippen LogP contribution in [0, 0.1) is 6.92 Å². The molecular formula is C23H29N5. The molecule has 0 aliphatic heterocycles. The van der Waals surface area contributed by atoms with E-state index >= 15 is 0 Å². The minimum atomic E-state index is 0.299. The summed E-state index contributed by atoms with van der Waals surface area (Å²) >= 11 is 0. The van der Waals surface area contributed by atoms with Crippen molar-refractivity contribution in [2.24, 2.45) is 0 Å². The minimum absolute atomic E-state index is 0.299. The summed E-state index contributed by atoms with van der Waals surface area (Å²) in [6, 6.07) is 12.7. The van der Waals surface area contributed by atoms with E-state index in [1.807, 2.05) is 18.2 Å². The fraction of sp³-hybridized carbons (Fsp3) is 0.348. The Morgan fingerprint density at radius 2 is 1.71 bits per heavy atom. The standard InChI is InChI=1S/C23H29N5/c1-6-17(5)25-23-27-21(18-9-11-24-12-10-18)14-22(28-23)26-19-7-8-20(15(2)3)16(4)13-19/h7-15,17H,6H2,1-5H3,(H2,25,26,27,28)/t17-/m0/s1. The molecule has 0 aliphatic rings. The number of anilines is 3. The molecule has 0 aliphatic carbocycles. The molecule has 0 fully saturated rings. The molecular weight excluding hydrogens is 346 g/mol. The molecule has 28 heavy (non-hydrogen) atoms. The van der Waals surface area contributed by atoms with Crippen molar-refractivity contribution in [3.8, 4) is 11.3 Å². The summed E-state index contributed by atoms with van der Waals surface area (Å²) in [5.74, 6) is 1.91. The van der Waals surface area contributed by atoms with Crippen LogP contribution >= 0.6 is 0 Å². The van der Waals surface area contributed by atoms with Crippen LogP contribution in [0.4, 0.5) is 17.5 Å². The second-order valence-electron chi connectivity index (χ2n) is 7.50. The summed E-state index contributed by atoms with van der Waals surface area (Å²) in [5.41, 5.74) is 5.54. The maximum absolute atomic E-state index is 4.70. The van der Waals surface area contributed by atoms with Gasteiger partial charge < -0.3 is 10.6 Å². The van der Waals surface area contributed by atoms with E-state index in [-0.39, 0.29) is 0 Å². The first-order chi connectivity index (χ1) is 13.5. The number of pyridine rings is 1. The van der Waals surface area contributed by atoms with Gasteiger partial charge in [0.25, 0.3) is 0 Å². The summed E-state index contributed by atoms with van der Waals surface area (Å²) in [6.07, 6.45) is 4.56. The number of aromatic nitrogens is 3. The lowest BCUT2D eigenvalue weighted by Crippen LogP contribution is -2.16. The highest BCUT2D eigenvalue weighted by Gasteiger charge is 2.10. The summed E-state index contributed by atoms with van der Waals surface area (Å²) in [7, 11) is 0.